The lowest BCUT2D eigenvalue weighted by Gasteiger charge is -2.39. The Labute approximate surface area is 161 Å². The normalized spacial score (nSPS) is 22.9. The summed E-state index contributed by atoms with van der Waals surface area (Å²) in [4.78, 5) is 30.7. The van der Waals surface area contributed by atoms with Crippen LogP contribution in [0.15, 0.2) is 12.5 Å². The van der Waals surface area contributed by atoms with Crippen LogP contribution in [-0.4, -0.2) is 98.3 Å². The number of anilines is 2. The minimum Gasteiger partial charge on any atom is -0.378 e. The maximum Gasteiger partial charge on any atom is 0.225 e. The molecule has 0 aliphatic carbocycles. The fourth-order valence-electron chi connectivity index (χ4n) is 4.21. The minimum atomic E-state index is 0.135. The first-order valence-electron chi connectivity index (χ1n) is 10.1. The molecule has 8 nitrogen and oxygen atoms in total. The average Bonchev–Trinajstić information content (AvgIpc) is 2.75. The maximum absolute atomic E-state index is 12.8. The molecular formula is C19H30N6O2. The van der Waals surface area contributed by atoms with E-state index < -0.39 is 0 Å². The van der Waals surface area contributed by atoms with Gasteiger partial charge in [-0.3, -0.25) is 4.79 Å². The minimum absolute atomic E-state index is 0.135. The third-order valence-corrected chi connectivity index (χ3v) is 5.98. The van der Waals surface area contributed by atoms with E-state index in [1.54, 1.807) is 6.33 Å². The van der Waals surface area contributed by atoms with Crippen molar-refractivity contribution in [3.05, 3.63) is 12.5 Å². The van der Waals surface area contributed by atoms with Gasteiger partial charge in [0.2, 0.25) is 5.91 Å². The van der Waals surface area contributed by atoms with Gasteiger partial charge in [0.15, 0.2) is 5.82 Å². The Kier molecular flexibility index (Phi) is 5.73. The maximum atomic E-state index is 12.8. The Morgan fingerprint density at radius 2 is 1.70 bits per heavy atom. The number of morpholine rings is 1. The van der Waals surface area contributed by atoms with Crippen LogP contribution in [0.2, 0.25) is 0 Å². The molecule has 0 spiro atoms. The summed E-state index contributed by atoms with van der Waals surface area (Å²) in [6.07, 6.45) is 5.37. The highest BCUT2D eigenvalue weighted by atomic mass is 16.5. The number of likely N-dealkylation sites (N-methyl/N-ethyl adjacent to an activating group) is 1. The van der Waals surface area contributed by atoms with Crippen LogP contribution in [0.3, 0.4) is 0 Å². The zero-order valence-electron chi connectivity index (χ0n) is 16.2. The monoisotopic (exact) mass is 374 g/mol. The number of piperidine rings is 1. The summed E-state index contributed by atoms with van der Waals surface area (Å²) in [7, 11) is 2.16. The lowest BCUT2D eigenvalue weighted by molar-refractivity contribution is -0.140. The quantitative estimate of drug-likeness (QED) is 0.754. The summed E-state index contributed by atoms with van der Waals surface area (Å²) in [6, 6.07) is 0. The van der Waals surface area contributed by atoms with Gasteiger partial charge in [0.05, 0.1) is 25.1 Å². The molecule has 0 N–H and O–H groups in total. The van der Waals surface area contributed by atoms with Gasteiger partial charge in [-0.15, -0.1) is 0 Å². The molecule has 148 valence electrons. The topological polar surface area (TPSA) is 65.0 Å². The molecule has 0 atom stereocenters. The number of ether oxygens (including phenoxy) is 1. The fraction of sp³-hybridized carbons (Fsp3) is 0.737. The fourth-order valence-corrected chi connectivity index (χ4v) is 4.21. The predicted molar refractivity (Wildman–Crippen MR) is 104 cm³/mol. The van der Waals surface area contributed by atoms with E-state index in [-0.39, 0.29) is 5.92 Å². The first kappa shape index (κ1) is 18.4. The number of carbonyl (C=O) groups excluding carboxylic acids is 1. The van der Waals surface area contributed by atoms with E-state index in [9.17, 15) is 4.79 Å². The molecule has 4 heterocycles. The molecule has 1 amide bonds. The standard InChI is InChI=1S/C19H30N6O2/c1-22-6-8-24(9-7-22)18-17(14-20-15-21-18)23-4-2-16(3-5-23)19(26)25-10-12-27-13-11-25/h14-16H,2-13H2,1H3. The Morgan fingerprint density at radius 3 is 2.41 bits per heavy atom. The number of hydrogen-bond donors (Lipinski definition) is 0. The van der Waals surface area contributed by atoms with Gasteiger partial charge in [-0.1, -0.05) is 0 Å². The highest BCUT2D eigenvalue weighted by Gasteiger charge is 2.31. The predicted octanol–water partition coefficient (Wildman–Crippen LogP) is 0.304. The van der Waals surface area contributed by atoms with Crippen LogP contribution >= 0.6 is 0 Å². The Bertz CT molecular complexity index is 635. The molecule has 3 aliphatic heterocycles. The Hall–Kier alpha value is -1.93. The largest absolute Gasteiger partial charge is 0.378 e. The van der Waals surface area contributed by atoms with Crippen LogP contribution in [0.4, 0.5) is 11.5 Å². The summed E-state index contributed by atoms with van der Waals surface area (Å²) >= 11 is 0. The van der Waals surface area contributed by atoms with Crippen LogP contribution < -0.4 is 9.80 Å². The lowest BCUT2D eigenvalue weighted by atomic mass is 9.95. The van der Waals surface area contributed by atoms with Crippen molar-refractivity contribution in [2.24, 2.45) is 5.92 Å². The van der Waals surface area contributed by atoms with Gasteiger partial charge < -0.3 is 24.3 Å². The molecule has 0 bridgehead atoms. The molecule has 27 heavy (non-hydrogen) atoms. The summed E-state index contributed by atoms with van der Waals surface area (Å²) < 4.78 is 5.37. The van der Waals surface area contributed by atoms with Crippen molar-refractivity contribution >= 4 is 17.4 Å². The van der Waals surface area contributed by atoms with Gasteiger partial charge in [0, 0.05) is 58.3 Å². The molecule has 0 radical (unpaired) electrons. The molecule has 4 rings (SSSR count). The molecule has 3 fully saturated rings. The molecule has 1 aromatic heterocycles. The van der Waals surface area contributed by atoms with E-state index in [2.05, 4.69) is 31.7 Å². The highest BCUT2D eigenvalue weighted by Crippen LogP contribution is 2.31. The SMILES string of the molecule is CN1CCN(c2ncncc2N2CCC(C(=O)N3CCOCC3)CC2)CC1. The Balaban J connectivity index is 1.39. The number of aromatic nitrogens is 2. The molecule has 8 heteroatoms. The molecule has 3 saturated heterocycles. The van der Waals surface area contributed by atoms with Crippen molar-refractivity contribution in [3.63, 3.8) is 0 Å². The lowest BCUT2D eigenvalue weighted by Crippen LogP contribution is -2.47. The van der Waals surface area contributed by atoms with Crippen LogP contribution in [0.25, 0.3) is 0 Å². The van der Waals surface area contributed by atoms with Crippen molar-refractivity contribution in [3.8, 4) is 0 Å². The number of amides is 1. The summed E-state index contributed by atoms with van der Waals surface area (Å²) in [5.74, 6) is 1.48. The smallest absolute Gasteiger partial charge is 0.225 e. The molecule has 1 aromatic rings. The molecule has 0 aromatic carbocycles. The van der Waals surface area contributed by atoms with Crippen molar-refractivity contribution in [1.29, 1.82) is 0 Å². The second kappa shape index (κ2) is 8.39. The van der Waals surface area contributed by atoms with Gasteiger partial charge in [0.25, 0.3) is 0 Å². The van der Waals surface area contributed by atoms with Gasteiger partial charge >= 0.3 is 0 Å². The summed E-state index contributed by atoms with van der Waals surface area (Å²) in [5, 5.41) is 0. The number of carbonyl (C=O) groups is 1. The number of nitrogens with zero attached hydrogens (tertiary/aromatic N) is 6. The van der Waals surface area contributed by atoms with Crippen LogP contribution in [0.1, 0.15) is 12.8 Å². The van der Waals surface area contributed by atoms with Gasteiger partial charge in [-0.05, 0) is 19.9 Å². The summed E-state index contributed by atoms with van der Waals surface area (Å²) in [6.45, 7) is 8.67. The van der Waals surface area contributed by atoms with E-state index in [0.29, 0.717) is 19.1 Å². The molecule has 0 unspecified atom stereocenters. The zero-order valence-corrected chi connectivity index (χ0v) is 16.2. The molecule has 0 saturated carbocycles. The van der Waals surface area contributed by atoms with Gasteiger partial charge in [-0.2, -0.15) is 0 Å². The van der Waals surface area contributed by atoms with Crippen LogP contribution in [-0.2, 0) is 9.53 Å². The second-order valence-electron chi connectivity index (χ2n) is 7.72. The molecule has 3 aliphatic rings. The van der Waals surface area contributed by atoms with E-state index in [1.165, 1.54) is 0 Å². The average molecular weight is 374 g/mol. The van der Waals surface area contributed by atoms with Crippen molar-refractivity contribution in [2.75, 3.05) is 82.4 Å². The van der Waals surface area contributed by atoms with Crippen molar-refractivity contribution in [2.45, 2.75) is 12.8 Å². The van der Waals surface area contributed by atoms with Gasteiger partial charge in [-0.25, -0.2) is 9.97 Å². The first-order chi connectivity index (χ1) is 13.2. The van der Waals surface area contributed by atoms with E-state index in [0.717, 1.165) is 76.7 Å². The number of piperazine rings is 1. The second-order valence-corrected chi connectivity index (χ2v) is 7.72. The van der Waals surface area contributed by atoms with Crippen molar-refractivity contribution < 1.29 is 9.53 Å². The highest BCUT2D eigenvalue weighted by molar-refractivity contribution is 5.79. The van der Waals surface area contributed by atoms with Gasteiger partial charge in [0.1, 0.15) is 6.33 Å². The first-order valence-corrected chi connectivity index (χ1v) is 10.1. The third kappa shape index (κ3) is 4.16. The number of hydrogen-bond acceptors (Lipinski definition) is 7. The summed E-state index contributed by atoms with van der Waals surface area (Å²) in [5.41, 5.74) is 1.11. The zero-order chi connectivity index (χ0) is 18.6. The van der Waals surface area contributed by atoms with E-state index >= 15 is 0 Å². The van der Waals surface area contributed by atoms with Crippen LogP contribution in [0, 0.1) is 5.92 Å². The van der Waals surface area contributed by atoms with E-state index in [4.69, 9.17) is 4.74 Å². The van der Waals surface area contributed by atoms with E-state index in [1.807, 2.05) is 11.1 Å². The molecular weight excluding hydrogens is 344 g/mol. The number of rotatable bonds is 3. The third-order valence-electron chi connectivity index (χ3n) is 5.98. The van der Waals surface area contributed by atoms with Crippen molar-refractivity contribution in [1.82, 2.24) is 19.8 Å². The Morgan fingerprint density at radius 1 is 1.00 bits per heavy atom. The van der Waals surface area contributed by atoms with Crippen LogP contribution in [0.5, 0.6) is 0 Å².